The molecule has 1 N–H and O–H groups in total. The number of rotatable bonds is 2. The molecule has 0 atom stereocenters. The molecule has 1 aromatic heterocycles. The number of hydrogen-bond donors (Lipinski definition) is 1. The number of anilines is 1. The van der Waals surface area contributed by atoms with Crippen molar-refractivity contribution in [1.29, 1.82) is 0 Å². The highest BCUT2D eigenvalue weighted by Crippen LogP contribution is 2.36. The number of hydrogen-bond acceptors (Lipinski definition) is 5. The van der Waals surface area contributed by atoms with E-state index in [9.17, 15) is 0 Å². The van der Waals surface area contributed by atoms with Crippen LogP contribution in [0, 0.1) is 0 Å². The summed E-state index contributed by atoms with van der Waals surface area (Å²) in [6, 6.07) is 0.164. The van der Waals surface area contributed by atoms with Crippen LogP contribution in [0.25, 0.3) is 0 Å². The van der Waals surface area contributed by atoms with Crippen molar-refractivity contribution >= 4 is 21.6 Å². The molecule has 2 heterocycles. The molecule has 1 aliphatic carbocycles. The maximum atomic E-state index is 5.92. The predicted octanol–water partition coefficient (Wildman–Crippen LogP) is 2.34. The topological polar surface area (TPSA) is 56.3 Å². The van der Waals surface area contributed by atoms with Crippen LogP contribution in [0.15, 0.2) is 16.9 Å². The number of aromatic nitrogens is 2. The first-order valence-corrected chi connectivity index (χ1v) is 7.07. The van der Waals surface area contributed by atoms with Crippen LogP contribution in [-0.2, 0) is 9.47 Å². The van der Waals surface area contributed by atoms with E-state index in [0.717, 1.165) is 23.0 Å². The molecule has 0 radical (unpaired) electrons. The maximum Gasteiger partial charge on any atom is 0.168 e. The Morgan fingerprint density at radius 3 is 2.50 bits per heavy atom. The van der Waals surface area contributed by atoms with Crippen molar-refractivity contribution in [2.45, 2.75) is 37.5 Å². The van der Waals surface area contributed by atoms with Crippen molar-refractivity contribution in [3.63, 3.8) is 0 Å². The van der Waals surface area contributed by atoms with Gasteiger partial charge in [-0.2, -0.15) is 10.2 Å². The van der Waals surface area contributed by atoms with Gasteiger partial charge in [0.2, 0.25) is 0 Å². The summed E-state index contributed by atoms with van der Waals surface area (Å²) in [6.07, 6.45) is 7.84. The minimum Gasteiger partial charge on any atom is -0.375 e. The first kappa shape index (κ1) is 12.3. The highest BCUT2D eigenvalue weighted by atomic mass is 79.9. The van der Waals surface area contributed by atoms with E-state index in [1.807, 2.05) is 0 Å². The molecule has 1 saturated heterocycles. The van der Waals surface area contributed by atoms with Crippen molar-refractivity contribution in [2.24, 2.45) is 0 Å². The molecule has 98 valence electrons. The van der Waals surface area contributed by atoms with Gasteiger partial charge in [-0.25, -0.2) is 0 Å². The molecular weight excluding hydrogens is 298 g/mol. The number of halogens is 1. The molecule has 5 nitrogen and oxygen atoms in total. The minimum absolute atomic E-state index is 0.164. The third-order valence-corrected chi connectivity index (χ3v) is 4.13. The summed E-state index contributed by atoms with van der Waals surface area (Å²) in [5, 5.41) is 11.0. The highest BCUT2D eigenvalue weighted by Gasteiger charge is 2.40. The van der Waals surface area contributed by atoms with Gasteiger partial charge in [-0.05, 0) is 28.8 Å². The quantitative estimate of drug-likeness (QED) is 0.908. The largest absolute Gasteiger partial charge is 0.375 e. The van der Waals surface area contributed by atoms with Gasteiger partial charge in [0.25, 0.3) is 0 Å². The van der Waals surface area contributed by atoms with E-state index >= 15 is 0 Å². The lowest BCUT2D eigenvalue weighted by Gasteiger charge is -2.38. The second-order valence-electron chi connectivity index (χ2n) is 4.83. The lowest BCUT2D eigenvalue weighted by molar-refractivity contribution is -0.264. The van der Waals surface area contributed by atoms with Crippen LogP contribution in [0.3, 0.4) is 0 Å². The van der Waals surface area contributed by atoms with Gasteiger partial charge in [-0.3, -0.25) is 0 Å². The Morgan fingerprint density at radius 2 is 1.83 bits per heavy atom. The van der Waals surface area contributed by atoms with Gasteiger partial charge < -0.3 is 14.8 Å². The summed E-state index contributed by atoms with van der Waals surface area (Å²) >= 11 is 3.44. The van der Waals surface area contributed by atoms with Gasteiger partial charge in [0.05, 0.1) is 41.8 Å². The van der Waals surface area contributed by atoms with Crippen LogP contribution in [-0.4, -0.2) is 35.2 Å². The molecule has 1 aromatic rings. The molecule has 3 rings (SSSR count). The molecule has 2 aliphatic rings. The Bertz CT molecular complexity index is 414. The average molecular weight is 314 g/mol. The zero-order valence-corrected chi connectivity index (χ0v) is 11.6. The zero-order chi connectivity index (χ0) is 12.4. The lowest BCUT2D eigenvalue weighted by atomic mass is 10.2. The van der Waals surface area contributed by atoms with Crippen molar-refractivity contribution < 1.29 is 9.47 Å². The molecule has 0 aromatic carbocycles. The Morgan fingerprint density at radius 1 is 1.17 bits per heavy atom. The van der Waals surface area contributed by atoms with Crippen LogP contribution in [0.2, 0.25) is 0 Å². The first-order valence-electron chi connectivity index (χ1n) is 6.28. The maximum absolute atomic E-state index is 5.92. The second kappa shape index (κ2) is 5.11. The van der Waals surface area contributed by atoms with Gasteiger partial charge in [-0.15, -0.1) is 0 Å². The molecule has 1 spiro atoms. The van der Waals surface area contributed by atoms with Crippen LogP contribution < -0.4 is 5.32 Å². The zero-order valence-electron chi connectivity index (χ0n) is 10.1. The third-order valence-electron chi connectivity index (χ3n) is 3.50. The lowest BCUT2D eigenvalue weighted by Crippen LogP contribution is -2.47. The van der Waals surface area contributed by atoms with Gasteiger partial charge >= 0.3 is 0 Å². The first-order chi connectivity index (χ1) is 8.77. The molecule has 0 bridgehead atoms. The number of ether oxygens (including phenoxy) is 2. The van der Waals surface area contributed by atoms with Crippen LogP contribution in [0.1, 0.15) is 25.7 Å². The summed E-state index contributed by atoms with van der Waals surface area (Å²) in [7, 11) is 0. The van der Waals surface area contributed by atoms with Gasteiger partial charge in [0, 0.05) is 12.8 Å². The summed E-state index contributed by atoms with van der Waals surface area (Å²) in [5.41, 5.74) is 0.921. The van der Waals surface area contributed by atoms with Crippen molar-refractivity contribution in [1.82, 2.24) is 10.2 Å². The van der Waals surface area contributed by atoms with E-state index in [2.05, 4.69) is 31.4 Å². The summed E-state index contributed by atoms with van der Waals surface area (Å²) < 4.78 is 12.7. The van der Waals surface area contributed by atoms with E-state index in [4.69, 9.17) is 9.47 Å². The van der Waals surface area contributed by atoms with Crippen LogP contribution in [0.5, 0.6) is 0 Å². The van der Waals surface area contributed by atoms with Crippen LogP contribution in [0.4, 0.5) is 5.69 Å². The molecular formula is C12H16BrN3O2. The number of nitrogens with zero attached hydrogens (tertiary/aromatic N) is 2. The second-order valence-corrected chi connectivity index (χ2v) is 5.69. The monoisotopic (exact) mass is 313 g/mol. The Hall–Kier alpha value is -0.720. The molecule has 0 amide bonds. The van der Waals surface area contributed by atoms with Crippen molar-refractivity contribution in [3.8, 4) is 0 Å². The van der Waals surface area contributed by atoms with E-state index in [0.29, 0.717) is 13.2 Å². The van der Waals surface area contributed by atoms with Crippen molar-refractivity contribution in [2.75, 3.05) is 18.5 Å². The Labute approximate surface area is 114 Å². The fourth-order valence-electron chi connectivity index (χ4n) is 2.51. The smallest absolute Gasteiger partial charge is 0.168 e. The third kappa shape index (κ3) is 2.50. The van der Waals surface area contributed by atoms with Crippen LogP contribution >= 0.6 is 15.9 Å². The minimum atomic E-state index is -0.286. The molecule has 2 fully saturated rings. The van der Waals surface area contributed by atoms with E-state index in [1.54, 1.807) is 12.4 Å². The Kier molecular flexibility index (Phi) is 3.50. The summed E-state index contributed by atoms with van der Waals surface area (Å²) in [5.74, 6) is -0.286. The normalized spacial score (nSPS) is 23.4. The average Bonchev–Trinajstić information content (AvgIpc) is 2.84. The molecule has 18 heavy (non-hydrogen) atoms. The predicted molar refractivity (Wildman–Crippen MR) is 70.2 cm³/mol. The van der Waals surface area contributed by atoms with Gasteiger partial charge in [-0.1, -0.05) is 0 Å². The van der Waals surface area contributed by atoms with E-state index in [-0.39, 0.29) is 11.8 Å². The van der Waals surface area contributed by atoms with E-state index in [1.165, 1.54) is 12.8 Å². The molecule has 6 heteroatoms. The van der Waals surface area contributed by atoms with E-state index < -0.39 is 0 Å². The SMILES string of the molecule is Brc1cnncc1NC1COC2(CCCC2)OC1. The molecule has 0 unspecified atom stereocenters. The summed E-state index contributed by atoms with van der Waals surface area (Å²) in [4.78, 5) is 0. The molecule has 1 saturated carbocycles. The fourth-order valence-corrected chi connectivity index (χ4v) is 2.82. The highest BCUT2D eigenvalue weighted by molar-refractivity contribution is 9.10. The van der Waals surface area contributed by atoms with Gasteiger partial charge in [0.15, 0.2) is 5.79 Å². The summed E-state index contributed by atoms with van der Waals surface area (Å²) in [6.45, 7) is 1.35. The number of nitrogens with one attached hydrogen (secondary N) is 1. The fraction of sp³-hybridized carbons (Fsp3) is 0.667. The standard InChI is InChI=1S/C12H16BrN3O2/c13-10-5-14-15-6-11(10)16-9-7-17-12(18-8-9)3-1-2-4-12/h5-6,9H,1-4,7-8H2,(H,14,16). The van der Waals surface area contributed by atoms with Crippen molar-refractivity contribution in [3.05, 3.63) is 16.9 Å². The Balaban J connectivity index is 1.59. The van der Waals surface area contributed by atoms with Gasteiger partial charge in [0.1, 0.15) is 0 Å². The molecule has 1 aliphatic heterocycles.